The Morgan fingerprint density at radius 1 is 1.25 bits per heavy atom. The van der Waals surface area contributed by atoms with Crippen molar-refractivity contribution in [2.45, 2.75) is 0 Å². The Balaban J connectivity index is 0. The third kappa shape index (κ3) is 9.12. The molecule has 0 saturated heterocycles. The van der Waals surface area contributed by atoms with Gasteiger partial charge in [-0.05, 0) is 0 Å². The molecule has 4 heteroatoms. The number of hydrogen-bond acceptors (Lipinski definition) is 0. The molecule has 1 radical (unpaired) electrons. The Morgan fingerprint density at radius 3 is 1.25 bits per heavy atom. The summed E-state index contributed by atoms with van der Waals surface area (Å²) in [6, 6.07) is 0. The molecule has 4 heavy (non-hydrogen) atoms. The normalized spacial score (nSPS) is 0. The molecule has 0 aromatic carbocycles. The Hall–Kier alpha value is 1.87. The maximum absolute atomic E-state index is 0. The minimum Gasteiger partial charge on any atom is -1.00 e. The molecule has 0 amide bonds. The first kappa shape index (κ1) is 39.8. The van der Waals surface area contributed by atoms with E-state index in [1.54, 1.807) is 0 Å². The molecule has 0 aliphatic rings. The van der Waals surface area contributed by atoms with E-state index in [0.717, 1.165) is 0 Å². The molecule has 0 heterocycles. The molecule has 0 aliphatic heterocycles. The van der Waals surface area contributed by atoms with E-state index < -0.39 is 0 Å². The molecule has 0 bridgehead atoms. The monoisotopic (exact) mass is 171 g/mol. The smallest absolute Gasteiger partial charge is 1.00 e. The van der Waals surface area contributed by atoms with Crippen LogP contribution in [0.4, 0.5) is 0 Å². The maximum atomic E-state index is 0. The minimum absolute atomic E-state index is 0. The molecule has 25 valence electrons. The first-order valence-electron chi connectivity index (χ1n) is 0. The first-order valence-corrected chi connectivity index (χ1v) is 0. The van der Waals surface area contributed by atoms with Gasteiger partial charge in [-0.25, -0.2) is 0 Å². The summed E-state index contributed by atoms with van der Waals surface area (Å²) in [5.41, 5.74) is 0. The number of rotatable bonds is 0. The van der Waals surface area contributed by atoms with Gasteiger partial charge in [0.2, 0.25) is 0 Å². The largest absolute Gasteiger partial charge is 2.00 e. The summed E-state index contributed by atoms with van der Waals surface area (Å²) in [7, 11) is 0. The van der Waals surface area contributed by atoms with E-state index in [0.29, 0.717) is 0 Å². The summed E-state index contributed by atoms with van der Waals surface area (Å²) >= 11 is 0. The van der Waals surface area contributed by atoms with Crippen molar-refractivity contribution in [2.75, 3.05) is 0 Å². The molecule has 0 unspecified atom stereocenters. The third-order valence-electron chi connectivity index (χ3n) is 0. The molecular formula is H4CuMgOZn. The van der Waals surface area contributed by atoms with Crippen LogP contribution < -0.4 is 0 Å². The van der Waals surface area contributed by atoms with E-state index in [2.05, 4.69) is 0 Å². The van der Waals surface area contributed by atoms with Crippen LogP contribution in [0.15, 0.2) is 0 Å². The van der Waals surface area contributed by atoms with Crippen LogP contribution in [0, 0.1) is 0 Å². The Kier molecular flexibility index (Phi) is 208. The minimum atomic E-state index is 0. The van der Waals surface area contributed by atoms with Crippen molar-refractivity contribution in [2.24, 2.45) is 0 Å². The molecular weight excluding hydrogens is 169 g/mol. The van der Waals surface area contributed by atoms with E-state index in [9.17, 15) is 0 Å². The van der Waals surface area contributed by atoms with Gasteiger partial charge in [-0.1, -0.05) is 0 Å². The van der Waals surface area contributed by atoms with Crippen LogP contribution in [0.2, 0.25) is 0 Å². The van der Waals surface area contributed by atoms with Crippen LogP contribution in [-0.4, -0.2) is 28.5 Å². The fourth-order valence-corrected chi connectivity index (χ4v) is 0. The molecule has 0 fully saturated rings. The molecule has 0 aliphatic carbocycles. The third-order valence-corrected chi connectivity index (χ3v) is 0. The zero-order valence-corrected chi connectivity index (χ0v) is 7.54. The van der Waals surface area contributed by atoms with Crippen LogP contribution in [0.3, 0.4) is 0 Å². The maximum Gasteiger partial charge on any atom is 2.00 e. The van der Waals surface area contributed by atoms with Crippen molar-refractivity contribution in [1.29, 1.82) is 0 Å². The number of hydrogen-bond donors (Lipinski definition) is 0. The van der Waals surface area contributed by atoms with Crippen molar-refractivity contribution in [1.82, 2.24) is 0 Å². The van der Waals surface area contributed by atoms with Gasteiger partial charge in [0.05, 0.1) is 0 Å². The summed E-state index contributed by atoms with van der Waals surface area (Å²) in [6.45, 7) is 0. The van der Waals surface area contributed by atoms with E-state index in [-0.39, 0.29) is 67.9 Å². The van der Waals surface area contributed by atoms with Crippen molar-refractivity contribution >= 4 is 23.1 Å². The van der Waals surface area contributed by atoms with Crippen molar-refractivity contribution < 1.29 is 44.9 Å². The zero-order chi connectivity index (χ0) is 0. The predicted octanol–water partition coefficient (Wildman–Crippen LogP) is -0.986. The van der Waals surface area contributed by atoms with Gasteiger partial charge in [0.1, 0.15) is 0 Å². The second kappa shape index (κ2) is 20.9. The topological polar surface area (TPSA) is 31.5 Å². The van der Waals surface area contributed by atoms with Gasteiger partial charge in [0.15, 0.2) is 0 Å². The first-order chi connectivity index (χ1) is 0. The molecule has 2 N–H and O–H groups in total. The quantitative estimate of drug-likeness (QED) is 0.422. The molecule has 0 spiro atoms. The van der Waals surface area contributed by atoms with Crippen LogP contribution in [-0.2, 0) is 36.5 Å². The van der Waals surface area contributed by atoms with Gasteiger partial charge in [-0.2, -0.15) is 0 Å². The fraction of sp³-hybridized carbons (Fsp3) is 0. The average molecular weight is 173 g/mol. The van der Waals surface area contributed by atoms with Gasteiger partial charge in [0.25, 0.3) is 0 Å². The van der Waals surface area contributed by atoms with Crippen LogP contribution in [0.25, 0.3) is 0 Å². The van der Waals surface area contributed by atoms with Crippen LogP contribution in [0.5, 0.6) is 0 Å². The zero-order valence-electron chi connectivity index (χ0n) is 4.22. The van der Waals surface area contributed by atoms with E-state index >= 15 is 0 Å². The van der Waals surface area contributed by atoms with Crippen LogP contribution in [0.1, 0.15) is 2.85 Å². The van der Waals surface area contributed by atoms with Crippen molar-refractivity contribution in [3.63, 3.8) is 0 Å². The molecule has 1 nitrogen and oxygen atoms in total. The SMILES string of the molecule is O.[Cu].[H-].[H-].[Mg+2].[Zn]. The molecule has 0 atom stereocenters. The molecule has 0 saturated carbocycles. The summed E-state index contributed by atoms with van der Waals surface area (Å²) in [4.78, 5) is 0. The van der Waals surface area contributed by atoms with E-state index in [4.69, 9.17) is 0 Å². The summed E-state index contributed by atoms with van der Waals surface area (Å²) in [5, 5.41) is 0. The second-order valence-electron chi connectivity index (χ2n) is 0. The fourth-order valence-electron chi connectivity index (χ4n) is 0. The summed E-state index contributed by atoms with van der Waals surface area (Å²) in [6.07, 6.45) is 0. The molecule has 0 rings (SSSR count). The van der Waals surface area contributed by atoms with Crippen molar-refractivity contribution in [3.05, 3.63) is 0 Å². The van der Waals surface area contributed by atoms with Gasteiger partial charge in [-0.3, -0.25) is 0 Å². The Morgan fingerprint density at radius 2 is 1.25 bits per heavy atom. The molecule has 0 aromatic heterocycles. The molecule has 0 aromatic rings. The summed E-state index contributed by atoms with van der Waals surface area (Å²) < 4.78 is 0. The Labute approximate surface area is 67.6 Å². The Bertz CT molecular complexity index is 13.5. The standard InChI is InChI=1S/Cu.Mg.H2O.Zn.2H/h;;1H2;;;/q;+2;;;2*-1. The van der Waals surface area contributed by atoms with Gasteiger partial charge < -0.3 is 8.33 Å². The van der Waals surface area contributed by atoms with E-state index in [1.807, 2.05) is 0 Å². The van der Waals surface area contributed by atoms with Gasteiger partial charge in [-0.15, -0.1) is 0 Å². The predicted molar refractivity (Wildman–Crippen MR) is 11.6 cm³/mol. The van der Waals surface area contributed by atoms with Gasteiger partial charge >= 0.3 is 23.1 Å². The summed E-state index contributed by atoms with van der Waals surface area (Å²) in [5.74, 6) is 0. The van der Waals surface area contributed by atoms with E-state index in [1.165, 1.54) is 0 Å². The van der Waals surface area contributed by atoms with Gasteiger partial charge in [0, 0.05) is 36.5 Å². The average Bonchev–Trinajstić information content (AvgIpc) is 0. The van der Waals surface area contributed by atoms with Crippen LogP contribution >= 0.6 is 0 Å². The van der Waals surface area contributed by atoms with Crippen molar-refractivity contribution in [3.8, 4) is 0 Å². The second-order valence-corrected chi connectivity index (χ2v) is 0.